The maximum Gasteiger partial charge on any atom is 0.348 e. The minimum Gasteiger partial charge on any atom is -0.496 e. The highest BCUT2D eigenvalue weighted by Crippen LogP contribution is 2.34. The van der Waals surface area contributed by atoms with Crippen LogP contribution < -0.4 is 10.1 Å². The second kappa shape index (κ2) is 10.5. The molecule has 1 aromatic carbocycles. The van der Waals surface area contributed by atoms with Gasteiger partial charge in [-0.05, 0) is 37.6 Å². The van der Waals surface area contributed by atoms with Gasteiger partial charge in [0.2, 0.25) is 5.91 Å². The quantitative estimate of drug-likeness (QED) is 0.355. The number of nitrogens with zero attached hydrogens (tertiary/aromatic N) is 3. The van der Waals surface area contributed by atoms with E-state index in [1.807, 2.05) is 6.07 Å². The van der Waals surface area contributed by atoms with Gasteiger partial charge in [0.25, 0.3) is 11.1 Å². The first-order chi connectivity index (χ1) is 15.4. The number of methoxy groups -OCH3 is 1. The van der Waals surface area contributed by atoms with Gasteiger partial charge >= 0.3 is 5.97 Å². The molecule has 0 saturated heterocycles. The van der Waals surface area contributed by atoms with Crippen LogP contribution in [0.25, 0.3) is 11.5 Å². The third-order valence-electron chi connectivity index (χ3n) is 4.10. The Hall–Kier alpha value is -3.07. The summed E-state index contributed by atoms with van der Waals surface area (Å²) in [4.78, 5) is 24.7. The van der Waals surface area contributed by atoms with Crippen molar-refractivity contribution >= 4 is 51.6 Å². The van der Waals surface area contributed by atoms with E-state index in [0.29, 0.717) is 21.9 Å². The average Bonchev–Trinajstić information content (AvgIpc) is 3.36. The SMILES string of the molecule is CCOC(=O)c1sc(NC(=O)CSc2nnc(-c3cc(Cl)ccc3OC)o2)c(C#N)c1C. The monoisotopic (exact) mass is 492 g/mol. The molecule has 0 radical (unpaired) electrons. The van der Waals surface area contributed by atoms with Crippen LogP contribution in [0.3, 0.4) is 0 Å². The Kier molecular flexibility index (Phi) is 7.74. The Bertz CT molecular complexity index is 1200. The predicted octanol–water partition coefficient (Wildman–Crippen LogP) is 4.55. The molecule has 1 amide bonds. The molecule has 0 unspecified atom stereocenters. The number of anilines is 1. The van der Waals surface area contributed by atoms with Crippen molar-refractivity contribution in [1.82, 2.24) is 10.2 Å². The molecule has 3 rings (SSSR count). The molecule has 0 atom stereocenters. The van der Waals surface area contributed by atoms with E-state index in [4.69, 9.17) is 25.5 Å². The number of aromatic nitrogens is 2. The average molecular weight is 493 g/mol. The number of thioether (sulfide) groups is 1. The summed E-state index contributed by atoms with van der Waals surface area (Å²) in [5, 5.41) is 20.9. The van der Waals surface area contributed by atoms with Crippen LogP contribution in [-0.2, 0) is 9.53 Å². The number of ether oxygens (including phenoxy) is 2. The number of thiophene rings is 1. The summed E-state index contributed by atoms with van der Waals surface area (Å²) in [6.45, 7) is 3.54. The Morgan fingerprint density at radius 2 is 2.16 bits per heavy atom. The molecule has 0 fully saturated rings. The van der Waals surface area contributed by atoms with Crippen LogP contribution in [0.15, 0.2) is 27.8 Å². The van der Waals surface area contributed by atoms with Crippen LogP contribution in [0.2, 0.25) is 5.02 Å². The fraction of sp³-hybridized carbons (Fsp3) is 0.250. The molecule has 0 aliphatic rings. The lowest BCUT2D eigenvalue weighted by Crippen LogP contribution is -2.13. The van der Waals surface area contributed by atoms with Crippen LogP contribution in [0, 0.1) is 18.3 Å². The van der Waals surface area contributed by atoms with Gasteiger partial charge in [-0.25, -0.2) is 4.79 Å². The largest absolute Gasteiger partial charge is 0.496 e. The summed E-state index contributed by atoms with van der Waals surface area (Å²) < 4.78 is 15.9. The van der Waals surface area contributed by atoms with Crippen molar-refractivity contribution in [1.29, 1.82) is 5.26 Å². The molecule has 166 valence electrons. The Balaban J connectivity index is 1.68. The number of hydrogen-bond donors (Lipinski definition) is 1. The Labute approximate surface area is 196 Å². The van der Waals surface area contributed by atoms with Crippen LogP contribution in [0.1, 0.15) is 27.7 Å². The Morgan fingerprint density at radius 3 is 2.84 bits per heavy atom. The third-order valence-corrected chi connectivity index (χ3v) is 6.34. The number of hydrogen-bond acceptors (Lipinski definition) is 10. The maximum absolute atomic E-state index is 12.4. The number of nitrogens with one attached hydrogen (secondary N) is 1. The smallest absolute Gasteiger partial charge is 0.348 e. The van der Waals surface area contributed by atoms with E-state index in [2.05, 4.69) is 15.5 Å². The lowest BCUT2D eigenvalue weighted by atomic mass is 10.2. The zero-order chi connectivity index (χ0) is 23.3. The number of esters is 1. The minimum atomic E-state index is -0.531. The van der Waals surface area contributed by atoms with Crippen molar-refractivity contribution in [2.75, 3.05) is 24.8 Å². The molecular formula is C20H17ClN4O5S2. The van der Waals surface area contributed by atoms with Gasteiger partial charge in [-0.3, -0.25) is 4.79 Å². The summed E-state index contributed by atoms with van der Waals surface area (Å²) in [5.41, 5.74) is 1.23. The van der Waals surface area contributed by atoms with Gasteiger partial charge in [0, 0.05) is 5.02 Å². The molecule has 3 aromatic rings. The van der Waals surface area contributed by atoms with Crippen molar-refractivity contribution in [2.45, 2.75) is 19.1 Å². The molecule has 2 heterocycles. The molecule has 0 aliphatic carbocycles. The van der Waals surface area contributed by atoms with Gasteiger partial charge < -0.3 is 19.2 Å². The third kappa shape index (κ3) is 5.21. The van der Waals surface area contributed by atoms with Gasteiger partial charge in [0.1, 0.15) is 21.7 Å². The lowest BCUT2D eigenvalue weighted by molar-refractivity contribution is -0.113. The summed E-state index contributed by atoms with van der Waals surface area (Å²) in [6, 6.07) is 7.01. The van der Waals surface area contributed by atoms with Crippen molar-refractivity contribution in [3.8, 4) is 23.3 Å². The van der Waals surface area contributed by atoms with Crippen LogP contribution >= 0.6 is 34.7 Å². The highest BCUT2D eigenvalue weighted by molar-refractivity contribution is 7.99. The summed E-state index contributed by atoms with van der Waals surface area (Å²) in [7, 11) is 1.51. The van der Waals surface area contributed by atoms with E-state index in [9.17, 15) is 14.9 Å². The fourth-order valence-corrected chi connectivity index (χ4v) is 4.44. The predicted molar refractivity (Wildman–Crippen MR) is 120 cm³/mol. The number of halogens is 1. The molecule has 0 saturated carbocycles. The van der Waals surface area contributed by atoms with Crippen molar-refractivity contribution in [3.63, 3.8) is 0 Å². The van der Waals surface area contributed by atoms with Gasteiger partial charge in [-0.1, -0.05) is 23.4 Å². The summed E-state index contributed by atoms with van der Waals surface area (Å²) in [5.74, 6) is -0.265. The fourth-order valence-electron chi connectivity index (χ4n) is 2.64. The van der Waals surface area contributed by atoms with Gasteiger partial charge in [-0.2, -0.15) is 5.26 Å². The molecule has 12 heteroatoms. The van der Waals surface area contributed by atoms with E-state index in [0.717, 1.165) is 23.1 Å². The van der Waals surface area contributed by atoms with Crippen LogP contribution in [0.5, 0.6) is 5.75 Å². The normalized spacial score (nSPS) is 10.5. The molecular weight excluding hydrogens is 476 g/mol. The highest BCUT2D eigenvalue weighted by atomic mass is 35.5. The molecule has 9 nitrogen and oxygen atoms in total. The van der Waals surface area contributed by atoms with Crippen molar-refractivity contribution in [3.05, 3.63) is 39.2 Å². The number of nitriles is 1. The first-order valence-electron chi connectivity index (χ1n) is 9.18. The highest BCUT2D eigenvalue weighted by Gasteiger charge is 2.22. The molecule has 32 heavy (non-hydrogen) atoms. The van der Waals surface area contributed by atoms with E-state index in [1.54, 1.807) is 32.0 Å². The van der Waals surface area contributed by atoms with E-state index < -0.39 is 11.9 Å². The zero-order valence-electron chi connectivity index (χ0n) is 17.2. The zero-order valence-corrected chi connectivity index (χ0v) is 19.6. The van der Waals surface area contributed by atoms with Crippen molar-refractivity contribution < 1.29 is 23.5 Å². The van der Waals surface area contributed by atoms with Gasteiger partial charge in [0.05, 0.1) is 30.6 Å². The Morgan fingerprint density at radius 1 is 1.38 bits per heavy atom. The number of carbonyl (C=O) groups excluding carboxylic acids is 2. The van der Waals surface area contributed by atoms with Crippen LogP contribution in [-0.4, -0.2) is 41.5 Å². The second-order valence-electron chi connectivity index (χ2n) is 6.15. The molecule has 0 spiro atoms. The van der Waals surface area contributed by atoms with Gasteiger partial charge in [-0.15, -0.1) is 21.5 Å². The van der Waals surface area contributed by atoms with E-state index >= 15 is 0 Å². The van der Waals surface area contributed by atoms with Crippen LogP contribution in [0.4, 0.5) is 5.00 Å². The van der Waals surface area contributed by atoms with Gasteiger partial charge in [0.15, 0.2) is 0 Å². The minimum absolute atomic E-state index is 0.0507. The van der Waals surface area contributed by atoms with E-state index in [1.165, 1.54) is 7.11 Å². The maximum atomic E-state index is 12.4. The number of amides is 1. The number of carbonyl (C=O) groups is 2. The second-order valence-corrected chi connectivity index (χ2v) is 8.53. The summed E-state index contributed by atoms with van der Waals surface area (Å²) in [6.07, 6.45) is 0. The topological polar surface area (TPSA) is 127 Å². The molecule has 2 aromatic heterocycles. The number of rotatable bonds is 8. The standard InChI is InChI=1S/C20H17ClN4O5S2/c1-4-29-19(27)16-10(2)13(8-22)18(32-16)23-15(26)9-31-20-25-24-17(30-20)12-7-11(21)5-6-14(12)28-3/h5-7H,4,9H2,1-3H3,(H,23,26). The molecule has 1 N–H and O–H groups in total. The summed E-state index contributed by atoms with van der Waals surface area (Å²) >= 11 is 8.05. The molecule has 0 aliphatic heterocycles. The van der Waals surface area contributed by atoms with Crippen molar-refractivity contribution in [2.24, 2.45) is 0 Å². The first kappa shape index (κ1) is 23.6. The lowest BCUT2D eigenvalue weighted by Gasteiger charge is -2.04. The molecule has 0 bridgehead atoms. The number of benzene rings is 1. The first-order valence-corrected chi connectivity index (χ1v) is 11.4. The van der Waals surface area contributed by atoms with E-state index in [-0.39, 0.29) is 38.9 Å².